The molecule has 2 N–H and O–H groups in total. The number of carbonyl (C=O) groups excluding carboxylic acids is 1. The molecule has 1 amide bonds. The molecule has 0 saturated heterocycles. The van der Waals surface area contributed by atoms with Gasteiger partial charge in [0.1, 0.15) is 5.15 Å². The van der Waals surface area contributed by atoms with Gasteiger partial charge in [0.25, 0.3) is 5.91 Å². The Morgan fingerprint density at radius 2 is 2.24 bits per heavy atom. The molecule has 1 aromatic carbocycles. The van der Waals surface area contributed by atoms with Crippen molar-refractivity contribution in [2.75, 3.05) is 5.32 Å². The highest BCUT2D eigenvalue weighted by atomic mass is 35.5. The first-order chi connectivity index (χ1) is 10.2. The van der Waals surface area contributed by atoms with Gasteiger partial charge in [-0.2, -0.15) is 5.10 Å². The van der Waals surface area contributed by atoms with Gasteiger partial charge in [0.15, 0.2) is 0 Å². The average Bonchev–Trinajstić information content (AvgIpc) is 2.96. The van der Waals surface area contributed by atoms with Crippen molar-refractivity contribution in [3.05, 3.63) is 52.9 Å². The Balaban J connectivity index is 1.93. The van der Waals surface area contributed by atoms with Crippen LogP contribution in [0, 0.1) is 0 Å². The van der Waals surface area contributed by atoms with Gasteiger partial charge in [-0.3, -0.25) is 9.89 Å². The largest absolute Gasteiger partial charge is 0.321 e. The third-order valence-electron chi connectivity index (χ3n) is 3.20. The van der Waals surface area contributed by atoms with Gasteiger partial charge in [-0.15, -0.1) is 0 Å². The summed E-state index contributed by atoms with van der Waals surface area (Å²) in [6, 6.07) is 8.89. The van der Waals surface area contributed by atoms with Gasteiger partial charge >= 0.3 is 0 Å². The number of rotatable bonds is 3. The number of fused-ring (bicyclic) bond motifs is 1. The van der Waals surface area contributed by atoms with Gasteiger partial charge in [-0.05, 0) is 30.7 Å². The lowest BCUT2D eigenvalue weighted by Gasteiger charge is -2.07. The fourth-order valence-electron chi connectivity index (χ4n) is 2.14. The molecule has 3 rings (SSSR count). The molecule has 106 valence electrons. The van der Waals surface area contributed by atoms with Gasteiger partial charge in [-0.25, -0.2) is 4.98 Å². The zero-order valence-electron chi connectivity index (χ0n) is 11.4. The predicted octanol–water partition coefficient (Wildman–Crippen LogP) is 3.43. The molecule has 21 heavy (non-hydrogen) atoms. The summed E-state index contributed by atoms with van der Waals surface area (Å²) < 4.78 is 0. The summed E-state index contributed by atoms with van der Waals surface area (Å²) >= 11 is 5.95. The molecule has 0 fully saturated rings. The van der Waals surface area contributed by atoms with E-state index < -0.39 is 0 Å². The lowest BCUT2D eigenvalue weighted by Crippen LogP contribution is -2.13. The number of hydrogen-bond acceptors (Lipinski definition) is 3. The smallest absolute Gasteiger partial charge is 0.255 e. The van der Waals surface area contributed by atoms with Crippen molar-refractivity contribution in [2.45, 2.75) is 13.3 Å². The van der Waals surface area contributed by atoms with Crippen LogP contribution in [-0.4, -0.2) is 21.1 Å². The van der Waals surface area contributed by atoms with Crippen molar-refractivity contribution in [3.8, 4) is 0 Å². The van der Waals surface area contributed by atoms with Crippen LogP contribution in [0.1, 0.15) is 23.0 Å². The second-order valence-corrected chi connectivity index (χ2v) is 5.00. The second-order valence-electron chi connectivity index (χ2n) is 4.61. The minimum atomic E-state index is -0.220. The molecule has 0 radical (unpaired) electrons. The zero-order chi connectivity index (χ0) is 14.8. The molecule has 0 aliphatic heterocycles. The molecule has 2 heterocycles. The number of hydrogen-bond donors (Lipinski definition) is 2. The Bertz CT molecular complexity index is 812. The molecular weight excluding hydrogens is 288 g/mol. The van der Waals surface area contributed by atoms with Gasteiger partial charge in [0.05, 0.1) is 17.4 Å². The number of amides is 1. The number of H-pyrrole nitrogens is 1. The third kappa shape index (κ3) is 2.73. The number of halogens is 1. The lowest BCUT2D eigenvalue weighted by atomic mass is 10.1. The van der Waals surface area contributed by atoms with E-state index in [2.05, 4.69) is 20.5 Å². The molecule has 0 aliphatic carbocycles. The van der Waals surface area contributed by atoms with E-state index in [0.717, 1.165) is 23.0 Å². The van der Waals surface area contributed by atoms with Gasteiger partial charge in [0.2, 0.25) is 0 Å². The summed E-state index contributed by atoms with van der Waals surface area (Å²) in [6.07, 6.45) is 2.40. The minimum absolute atomic E-state index is 0.220. The summed E-state index contributed by atoms with van der Waals surface area (Å²) in [7, 11) is 0. The number of aromatic amines is 1. The lowest BCUT2D eigenvalue weighted by molar-refractivity contribution is 0.102. The molecular formula is C15H13ClN4O. The maximum absolute atomic E-state index is 12.4. The molecule has 0 bridgehead atoms. The van der Waals surface area contributed by atoms with Gasteiger partial charge in [0, 0.05) is 16.6 Å². The van der Waals surface area contributed by atoms with Crippen LogP contribution < -0.4 is 5.32 Å². The van der Waals surface area contributed by atoms with Crippen molar-refractivity contribution in [3.63, 3.8) is 0 Å². The maximum Gasteiger partial charge on any atom is 0.255 e. The van der Waals surface area contributed by atoms with E-state index in [1.165, 1.54) is 0 Å². The molecule has 2 aromatic heterocycles. The van der Waals surface area contributed by atoms with Crippen LogP contribution >= 0.6 is 11.6 Å². The van der Waals surface area contributed by atoms with E-state index in [1.807, 2.05) is 25.1 Å². The monoisotopic (exact) mass is 300 g/mol. The molecule has 0 atom stereocenters. The van der Waals surface area contributed by atoms with Crippen molar-refractivity contribution in [2.24, 2.45) is 0 Å². The molecule has 5 nitrogen and oxygen atoms in total. The van der Waals surface area contributed by atoms with Crippen molar-refractivity contribution in [1.29, 1.82) is 0 Å². The van der Waals surface area contributed by atoms with E-state index >= 15 is 0 Å². The Kier molecular flexibility index (Phi) is 3.58. The van der Waals surface area contributed by atoms with Gasteiger partial charge < -0.3 is 5.32 Å². The number of aryl methyl sites for hydroxylation is 1. The van der Waals surface area contributed by atoms with E-state index in [9.17, 15) is 4.79 Å². The normalized spacial score (nSPS) is 10.8. The maximum atomic E-state index is 12.4. The Morgan fingerprint density at radius 3 is 3.05 bits per heavy atom. The predicted molar refractivity (Wildman–Crippen MR) is 82.7 cm³/mol. The van der Waals surface area contributed by atoms with Crippen molar-refractivity contribution in [1.82, 2.24) is 15.2 Å². The first kappa shape index (κ1) is 13.6. The summed E-state index contributed by atoms with van der Waals surface area (Å²) in [6.45, 7) is 1.96. The summed E-state index contributed by atoms with van der Waals surface area (Å²) in [4.78, 5) is 16.5. The second kappa shape index (κ2) is 5.54. The number of nitrogens with zero attached hydrogens (tertiary/aromatic N) is 2. The zero-order valence-corrected chi connectivity index (χ0v) is 12.1. The van der Waals surface area contributed by atoms with E-state index in [4.69, 9.17) is 11.6 Å². The standard InChI is InChI=1S/C15H13ClN4O/c1-2-10-6-9(7-14(16)18-10)15(21)19-12-4-3-5-13-11(12)8-17-20-13/h3-8H,2H2,1H3,(H,17,20)(H,19,21). The van der Waals surface area contributed by atoms with Gasteiger partial charge in [-0.1, -0.05) is 24.6 Å². The van der Waals surface area contributed by atoms with Crippen LogP contribution in [0.3, 0.4) is 0 Å². The van der Waals surface area contributed by atoms with E-state index in [1.54, 1.807) is 18.3 Å². The molecule has 0 unspecified atom stereocenters. The number of benzene rings is 1. The fourth-order valence-corrected chi connectivity index (χ4v) is 2.36. The summed E-state index contributed by atoms with van der Waals surface area (Å²) in [5.74, 6) is -0.220. The van der Waals surface area contributed by atoms with Crippen LogP contribution in [0.25, 0.3) is 10.9 Å². The SMILES string of the molecule is CCc1cc(C(=O)Nc2cccc3[nH]ncc23)cc(Cl)n1. The Labute approximate surface area is 126 Å². The molecule has 0 spiro atoms. The number of pyridine rings is 1. The van der Waals surface area contributed by atoms with Crippen LogP contribution in [0.4, 0.5) is 5.69 Å². The van der Waals surface area contributed by atoms with Crippen LogP contribution in [0.15, 0.2) is 36.5 Å². The van der Waals surface area contributed by atoms with Crippen LogP contribution in [0.5, 0.6) is 0 Å². The summed E-state index contributed by atoms with van der Waals surface area (Å²) in [5, 5.41) is 10.9. The summed E-state index contributed by atoms with van der Waals surface area (Å²) in [5.41, 5.74) is 2.86. The highest BCUT2D eigenvalue weighted by molar-refractivity contribution is 6.30. The topological polar surface area (TPSA) is 70.7 Å². The quantitative estimate of drug-likeness (QED) is 0.728. The Hall–Kier alpha value is -2.40. The van der Waals surface area contributed by atoms with Crippen LogP contribution in [-0.2, 0) is 6.42 Å². The fraction of sp³-hybridized carbons (Fsp3) is 0.133. The van der Waals surface area contributed by atoms with Crippen molar-refractivity contribution < 1.29 is 4.79 Å². The first-order valence-electron chi connectivity index (χ1n) is 6.57. The van der Waals surface area contributed by atoms with Crippen molar-refractivity contribution >= 4 is 34.1 Å². The average molecular weight is 301 g/mol. The molecule has 0 aliphatic rings. The van der Waals surface area contributed by atoms with E-state index in [-0.39, 0.29) is 5.91 Å². The van der Waals surface area contributed by atoms with E-state index in [0.29, 0.717) is 16.4 Å². The third-order valence-corrected chi connectivity index (χ3v) is 3.40. The first-order valence-corrected chi connectivity index (χ1v) is 6.95. The molecule has 3 aromatic rings. The Morgan fingerprint density at radius 1 is 1.38 bits per heavy atom. The minimum Gasteiger partial charge on any atom is -0.321 e. The molecule has 0 saturated carbocycles. The van der Waals surface area contributed by atoms with Crippen LogP contribution in [0.2, 0.25) is 5.15 Å². The number of aromatic nitrogens is 3. The number of nitrogens with one attached hydrogen (secondary N) is 2. The number of carbonyl (C=O) groups is 1. The number of anilines is 1. The highest BCUT2D eigenvalue weighted by Crippen LogP contribution is 2.22. The highest BCUT2D eigenvalue weighted by Gasteiger charge is 2.11. The molecule has 6 heteroatoms.